The van der Waals surface area contributed by atoms with Crippen LogP contribution < -0.4 is 5.32 Å². The number of benzene rings is 1. The van der Waals surface area contributed by atoms with E-state index in [2.05, 4.69) is 5.32 Å². The Morgan fingerprint density at radius 1 is 1.52 bits per heavy atom. The van der Waals surface area contributed by atoms with Crippen molar-refractivity contribution in [2.75, 3.05) is 26.2 Å². The van der Waals surface area contributed by atoms with E-state index >= 15 is 0 Å². The lowest BCUT2D eigenvalue weighted by molar-refractivity contribution is -0.135. The molecule has 1 amide bonds. The minimum absolute atomic E-state index is 0. The summed E-state index contributed by atoms with van der Waals surface area (Å²) in [5.41, 5.74) is 0.808. The van der Waals surface area contributed by atoms with Crippen LogP contribution >= 0.6 is 12.4 Å². The fourth-order valence-electron chi connectivity index (χ4n) is 2.31. The van der Waals surface area contributed by atoms with Gasteiger partial charge in [-0.3, -0.25) is 4.79 Å². The van der Waals surface area contributed by atoms with Gasteiger partial charge in [0.15, 0.2) is 0 Å². The van der Waals surface area contributed by atoms with E-state index in [4.69, 9.17) is 4.74 Å². The topological polar surface area (TPSA) is 41.6 Å². The van der Waals surface area contributed by atoms with E-state index in [1.54, 1.807) is 11.0 Å². The van der Waals surface area contributed by atoms with Gasteiger partial charge >= 0.3 is 0 Å². The lowest BCUT2D eigenvalue weighted by Crippen LogP contribution is -2.42. The molecule has 0 spiro atoms. The standard InChI is InChI=1S/C15H21FN2O2.ClH/c1-2-18(11-12-4-3-5-13(16)8-12)15(19)9-14-10-17-6-7-20-14;/h3-5,8,14,17H,2,6-7,9-11H2,1H3;1H. The van der Waals surface area contributed by atoms with Crippen LogP contribution in [0, 0.1) is 5.82 Å². The normalized spacial score (nSPS) is 17.9. The predicted molar refractivity (Wildman–Crippen MR) is 82.0 cm³/mol. The van der Waals surface area contributed by atoms with E-state index in [1.165, 1.54) is 12.1 Å². The highest BCUT2D eigenvalue weighted by Gasteiger charge is 2.20. The third-order valence-electron chi connectivity index (χ3n) is 3.40. The molecule has 1 aromatic rings. The van der Waals surface area contributed by atoms with E-state index in [9.17, 15) is 9.18 Å². The summed E-state index contributed by atoms with van der Waals surface area (Å²) in [5.74, 6) is -0.226. The summed E-state index contributed by atoms with van der Waals surface area (Å²) < 4.78 is 18.7. The quantitative estimate of drug-likeness (QED) is 0.903. The largest absolute Gasteiger partial charge is 0.375 e. The number of nitrogens with zero attached hydrogens (tertiary/aromatic N) is 1. The molecule has 4 nitrogen and oxygen atoms in total. The first-order valence-electron chi connectivity index (χ1n) is 7.03. The summed E-state index contributed by atoms with van der Waals surface area (Å²) in [4.78, 5) is 14.0. The van der Waals surface area contributed by atoms with Crippen LogP contribution in [0.15, 0.2) is 24.3 Å². The number of halogens is 2. The molecule has 2 rings (SSSR count). The van der Waals surface area contributed by atoms with Crippen LogP contribution in [0.3, 0.4) is 0 Å². The summed E-state index contributed by atoms with van der Waals surface area (Å²) in [5, 5.41) is 3.21. The second kappa shape index (κ2) is 8.97. The maximum atomic E-state index is 13.2. The van der Waals surface area contributed by atoms with Crippen molar-refractivity contribution in [2.45, 2.75) is 26.0 Å². The van der Waals surface area contributed by atoms with E-state index < -0.39 is 0 Å². The number of ether oxygens (including phenoxy) is 1. The van der Waals surface area contributed by atoms with Crippen LogP contribution in [-0.4, -0.2) is 43.2 Å². The van der Waals surface area contributed by atoms with Gasteiger partial charge in [-0.1, -0.05) is 12.1 Å². The molecule has 21 heavy (non-hydrogen) atoms. The van der Waals surface area contributed by atoms with Crippen molar-refractivity contribution in [2.24, 2.45) is 0 Å². The maximum Gasteiger partial charge on any atom is 0.225 e. The second-order valence-corrected chi connectivity index (χ2v) is 4.94. The summed E-state index contributed by atoms with van der Waals surface area (Å²) >= 11 is 0. The van der Waals surface area contributed by atoms with Crippen molar-refractivity contribution >= 4 is 18.3 Å². The average molecular weight is 317 g/mol. The average Bonchev–Trinajstić information content (AvgIpc) is 2.46. The SMILES string of the molecule is CCN(Cc1cccc(F)c1)C(=O)CC1CNCCO1.Cl. The molecule has 0 aromatic heterocycles. The van der Waals surface area contributed by atoms with E-state index in [1.807, 2.05) is 13.0 Å². The Morgan fingerprint density at radius 2 is 2.33 bits per heavy atom. The Hall–Kier alpha value is -1.17. The molecule has 0 aliphatic carbocycles. The van der Waals surface area contributed by atoms with E-state index in [0.29, 0.717) is 32.7 Å². The zero-order chi connectivity index (χ0) is 14.4. The van der Waals surface area contributed by atoms with Gasteiger partial charge in [-0.25, -0.2) is 4.39 Å². The van der Waals surface area contributed by atoms with Crippen molar-refractivity contribution in [1.82, 2.24) is 10.2 Å². The van der Waals surface area contributed by atoms with Crippen molar-refractivity contribution < 1.29 is 13.9 Å². The van der Waals surface area contributed by atoms with Gasteiger partial charge < -0.3 is 15.0 Å². The van der Waals surface area contributed by atoms with Crippen LogP contribution in [-0.2, 0) is 16.1 Å². The molecular weight excluding hydrogens is 295 g/mol. The van der Waals surface area contributed by atoms with Gasteiger partial charge in [0.25, 0.3) is 0 Å². The molecule has 118 valence electrons. The molecule has 0 radical (unpaired) electrons. The highest BCUT2D eigenvalue weighted by Crippen LogP contribution is 2.10. The van der Waals surface area contributed by atoms with Crippen LogP contribution in [0.1, 0.15) is 18.9 Å². The number of hydrogen-bond acceptors (Lipinski definition) is 3. The monoisotopic (exact) mass is 316 g/mol. The molecule has 0 bridgehead atoms. The maximum absolute atomic E-state index is 13.2. The minimum Gasteiger partial charge on any atom is -0.375 e. The van der Waals surface area contributed by atoms with E-state index in [0.717, 1.165) is 12.1 Å². The third kappa shape index (κ3) is 5.61. The summed E-state index contributed by atoms with van der Waals surface area (Å²) in [6.07, 6.45) is 0.314. The molecule has 1 unspecified atom stereocenters. The first kappa shape index (κ1) is 17.9. The number of amides is 1. The molecule has 1 heterocycles. The molecular formula is C15H22ClFN2O2. The predicted octanol–water partition coefficient (Wildman–Crippen LogP) is 1.97. The van der Waals surface area contributed by atoms with Gasteiger partial charge in [-0.15, -0.1) is 12.4 Å². The van der Waals surface area contributed by atoms with Crippen LogP contribution in [0.2, 0.25) is 0 Å². The van der Waals surface area contributed by atoms with Gasteiger partial charge in [-0.05, 0) is 24.6 Å². The highest BCUT2D eigenvalue weighted by molar-refractivity contribution is 5.85. The number of rotatable bonds is 5. The zero-order valence-electron chi connectivity index (χ0n) is 12.2. The number of hydrogen-bond donors (Lipinski definition) is 1. The molecule has 1 aliphatic rings. The Kier molecular flexibility index (Phi) is 7.64. The Balaban J connectivity index is 0.00000220. The molecule has 1 saturated heterocycles. The molecule has 1 N–H and O–H groups in total. The van der Waals surface area contributed by atoms with Crippen LogP contribution in [0.4, 0.5) is 4.39 Å². The van der Waals surface area contributed by atoms with Crippen molar-refractivity contribution in [3.8, 4) is 0 Å². The first-order chi connectivity index (χ1) is 9.69. The van der Waals surface area contributed by atoms with Crippen LogP contribution in [0.25, 0.3) is 0 Å². The lowest BCUT2D eigenvalue weighted by atomic mass is 10.1. The zero-order valence-corrected chi connectivity index (χ0v) is 13.0. The Morgan fingerprint density at radius 3 is 2.95 bits per heavy atom. The third-order valence-corrected chi connectivity index (χ3v) is 3.40. The molecule has 6 heteroatoms. The van der Waals surface area contributed by atoms with Crippen LogP contribution in [0.5, 0.6) is 0 Å². The number of carbonyl (C=O) groups is 1. The lowest BCUT2D eigenvalue weighted by Gasteiger charge is -2.27. The molecule has 1 aromatic carbocycles. The Bertz CT molecular complexity index is 453. The fourth-order valence-corrected chi connectivity index (χ4v) is 2.31. The fraction of sp³-hybridized carbons (Fsp3) is 0.533. The summed E-state index contributed by atoms with van der Waals surface area (Å²) in [6, 6.07) is 6.37. The molecule has 1 atom stereocenters. The Labute approximate surface area is 131 Å². The summed E-state index contributed by atoms with van der Waals surface area (Å²) in [6.45, 7) is 5.17. The van der Waals surface area contributed by atoms with Gasteiger partial charge in [0.1, 0.15) is 5.82 Å². The minimum atomic E-state index is -0.272. The number of morpholine rings is 1. The van der Waals surface area contributed by atoms with Gasteiger partial charge in [0.05, 0.1) is 19.1 Å². The number of carbonyl (C=O) groups excluding carboxylic acids is 1. The van der Waals surface area contributed by atoms with E-state index in [-0.39, 0.29) is 30.2 Å². The summed E-state index contributed by atoms with van der Waals surface area (Å²) in [7, 11) is 0. The van der Waals surface area contributed by atoms with Gasteiger partial charge in [0.2, 0.25) is 5.91 Å². The van der Waals surface area contributed by atoms with Crippen molar-refractivity contribution in [1.29, 1.82) is 0 Å². The van der Waals surface area contributed by atoms with Gasteiger partial charge in [0, 0.05) is 26.2 Å². The smallest absolute Gasteiger partial charge is 0.225 e. The molecule has 1 aliphatic heterocycles. The first-order valence-corrected chi connectivity index (χ1v) is 7.03. The highest BCUT2D eigenvalue weighted by atomic mass is 35.5. The number of nitrogens with one attached hydrogen (secondary N) is 1. The second-order valence-electron chi connectivity index (χ2n) is 4.94. The van der Waals surface area contributed by atoms with Gasteiger partial charge in [-0.2, -0.15) is 0 Å². The van der Waals surface area contributed by atoms with Crippen molar-refractivity contribution in [3.63, 3.8) is 0 Å². The molecule has 1 fully saturated rings. The molecule has 0 saturated carbocycles. The van der Waals surface area contributed by atoms with Crippen molar-refractivity contribution in [3.05, 3.63) is 35.6 Å².